The van der Waals surface area contributed by atoms with Crippen molar-refractivity contribution in [2.24, 2.45) is 17.4 Å². The van der Waals surface area contributed by atoms with E-state index in [1.54, 1.807) is 44.3 Å². The average molecular weight is 824 g/mol. The van der Waals surface area contributed by atoms with E-state index >= 15 is 0 Å². The number of carbonyl (C=O) groups is 8. The first kappa shape index (κ1) is 45.5. The Labute approximate surface area is 329 Å². The molecule has 0 spiro atoms. The number of aromatic nitrogens is 1. The number of aliphatic hydroxyl groups excluding tert-OH is 2. The lowest BCUT2D eigenvalue weighted by Crippen LogP contribution is -2.62. The summed E-state index contributed by atoms with van der Waals surface area (Å²) in [6.07, 6.45) is -1.07. The number of fused-ring (bicyclic) bond motifs is 1. The monoisotopic (exact) mass is 823 g/mol. The molecule has 1 fully saturated rings. The SMILES string of the molecule is CC(C)C[C@H]1NC(=O)[C@H]([C@@H](C)O)NC(=O)[C@@H](CC(=O)O)NC(=O)[C@H](CO)NC(=O)[C@@H](Cc2c[nH]c3ccccc23)NC(=O)[C@H](N)CSSC[C@H](C(N)=O)NC1=O. The molecule has 0 aliphatic carbocycles. The van der Waals surface area contributed by atoms with Crippen LogP contribution in [-0.4, -0.2) is 134 Å². The Kier molecular flexibility index (Phi) is 17.4. The Hall–Kier alpha value is -4.90. The molecule has 1 aliphatic heterocycles. The summed E-state index contributed by atoms with van der Waals surface area (Å²) in [7, 11) is 2.14. The second kappa shape index (κ2) is 21.4. The minimum atomic E-state index is -1.90. The van der Waals surface area contributed by atoms with E-state index in [-0.39, 0.29) is 30.3 Å². The number of hydrogen-bond acceptors (Lipinski definition) is 13. The smallest absolute Gasteiger partial charge is 0.305 e. The lowest BCUT2D eigenvalue weighted by atomic mass is 10.0. The molecular formula is C34H49N9O11S2. The van der Waals surface area contributed by atoms with Gasteiger partial charge in [-0.1, -0.05) is 53.6 Å². The fourth-order valence-corrected chi connectivity index (χ4v) is 7.83. The zero-order chi connectivity index (χ0) is 41.7. The number of amides is 7. The Balaban J connectivity index is 2.00. The van der Waals surface area contributed by atoms with Gasteiger partial charge in [0.15, 0.2) is 0 Å². The van der Waals surface area contributed by atoms with Crippen molar-refractivity contribution in [2.75, 3.05) is 18.1 Å². The largest absolute Gasteiger partial charge is 0.481 e. The molecule has 0 radical (unpaired) electrons. The number of carboxylic acid groups (broad SMARTS) is 1. The molecule has 56 heavy (non-hydrogen) atoms. The number of nitrogens with one attached hydrogen (secondary N) is 7. The lowest BCUT2D eigenvalue weighted by Gasteiger charge is -2.28. The van der Waals surface area contributed by atoms with Gasteiger partial charge in [0.2, 0.25) is 41.4 Å². The topological polar surface area (TPSA) is 337 Å². The molecule has 14 N–H and O–H groups in total. The van der Waals surface area contributed by atoms with Crippen LogP contribution in [0.2, 0.25) is 0 Å². The Morgan fingerprint density at radius 2 is 1.36 bits per heavy atom. The average Bonchev–Trinajstić information content (AvgIpc) is 3.54. The van der Waals surface area contributed by atoms with Gasteiger partial charge in [-0.15, -0.1) is 0 Å². The van der Waals surface area contributed by atoms with Crippen molar-refractivity contribution in [1.29, 1.82) is 0 Å². The maximum atomic E-state index is 13.7. The third-order valence-corrected chi connectivity index (χ3v) is 11.0. The van der Waals surface area contributed by atoms with Crippen LogP contribution in [0.3, 0.4) is 0 Å². The third-order valence-electron chi connectivity index (χ3n) is 8.52. The van der Waals surface area contributed by atoms with Crippen LogP contribution in [0.5, 0.6) is 0 Å². The second-order valence-corrected chi connectivity index (χ2v) is 16.1. The van der Waals surface area contributed by atoms with Gasteiger partial charge in [0, 0.05) is 35.0 Å². The van der Waals surface area contributed by atoms with Crippen LogP contribution in [0, 0.1) is 5.92 Å². The number of H-pyrrole nitrogens is 1. The van der Waals surface area contributed by atoms with Gasteiger partial charge in [-0.25, -0.2) is 0 Å². The van der Waals surface area contributed by atoms with Crippen LogP contribution in [0.25, 0.3) is 10.9 Å². The van der Waals surface area contributed by atoms with Crippen LogP contribution in [0.15, 0.2) is 30.5 Å². The molecule has 3 rings (SSSR count). The van der Waals surface area contributed by atoms with Gasteiger partial charge in [0.1, 0.15) is 36.3 Å². The van der Waals surface area contributed by atoms with Crippen LogP contribution in [-0.2, 0) is 44.8 Å². The van der Waals surface area contributed by atoms with Crippen LogP contribution < -0.4 is 43.4 Å². The van der Waals surface area contributed by atoms with Crippen LogP contribution >= 0.6 is 21.6 Å². The van der Waals surface area contributed by atoms with E-state index in [0.29, 0.717) is 5.56 Å². The first-order valence-corrected chi connectivity index (χ1v) is 20.1. The van der Waals surface area contributed by atoms with Crippen molar-refractivity contribution in [2.45, 2.75) is 88.4 Å². The number of primary amides is 1. The standard InChI is InChI=1S/C34H49N9O11S2/c1-15(2)8-21-30(50)42-25(28(36)48)14-56-55-13-19(35)29(49)38-22(9-17-11-37-20-7-5-4-6-18(17)20)31(51)41-24(12-44)33(53)39-23(10-26(46)47)32(52)43-27(16(3)45)34(54)40-21/h4-7,11,15-16,19,21-25,27,37,44-45H,8-10,12-14,35H2,1-3H3,(H2,36,48)(H,38,49)(H,39,53)(H,40,54)(H,41,51)(H,42,50)(H,43,52)(H,46,47)/t16-,19-,21-,22-,23-,24+,25-,27+/m1/s1. The first-order valence-electron chi connectivity index (χ1n) is 17.6. The van der Waals surface area contributed by atoms with Gasteiger partial charge in [-0.3, -0.25) is 38.4 Å². The highest BCUT2D eigenvalue weighted by molar-refractivity contribution is 8.76. The Bertz CT molecular complexity index is 1760. The van der Waals surface area contributed by atoms with Crippen LogP contribution in [0.1, 0.15) is 39.2 Å². The lowest BCUT2D eigenvalue weighted by molar-refractivity contribution is -0.142. The minimum absolute atomic E-state index is 0.0300. The number of carbonyl (C=O) groups excluding carboxylic acids is 7. The van der Waals surface area contributed by atoms with E-state index in [9.17, 15) is 53.7 Å². The molecule has 1 saturated heterocycles. The Morgan fingerprint density at radius 1 is 0.786 bits per heavy atom. The van der Waals surface area contributed by atoms with Gasteiger partial charge in [0.25, 0.3) is 0 Å². The maximum Gasteiger partial charge on any atom is 0.305 e. The van der Waals surface area contributed by atoms with Crippen LogP contribution in [0.4, 0.5) is 0 Å². The molecule has 0 saturated carbocycles. The summed E-state index contributed by atoms with van der Waals surface area (Å²) in [6.45, 7) is 3.62. The number of hydrogen-bond donors (Lipinski definition) is 12. The molecule has 0 unspecified atom stereocenters. The number of aromatic amines is 1. The van der Waals surface area contributed by atoms with E-state index < -0.39 is 109 Å². The molecule has 20 nitrogen and oxygen atoms in total. The molecule has 22 heteroatoms. The zero-order valence-electron chi connectivity index (χ0n) is 30.9. The summed E-state index contributed by atoms with van der Waals surface area (Å²) >= 11 is 0. The number of para-hydroxylation sites is 1. The van der Waals surface area contributed by atoms with Crippen molar-refractivity contribution in [1.82, 2.24) is 36.9 Å². The quantitative estimate of drug-likeness (QED) is 0.110. The zero-order valence-corrected chi connectivity index (χ0v) is 32.5. The molecule has 1 aromatic carbocycles. The van der Waals surface area contributed by atoms with E-state index in [4.69, 9.17) is 11.5 Å². The van der Waals surface area contributed by atoms with Crippen molar-refractivity contribution in [3.05, 3.63) is 36.0 Å². The van der Waals surface area contributed by atoms with Crippen molar-refractivity contribution < 1.29 is 53.7 Å². The predicted molar refractivity (Wildman–Crippen MR) is 206 cm³/mol. The highest BCUT2D eigenvalue weighted by Crippen LogP contribution is 2.23. The van der Waals surface area contributed by atoms with E-state index in [0.717, 1.165) is 39.4 Å². The van der Waals surface area contributed by atoms with Crippen molar-refractivity contribution in [3.63, 3.8) is 0 Å². The number of benzene rings is 1. The summed E-state index contributed by atoms with van der Waals surface area (Å²) in [4.78, 5) is 108. The van der Waals surface area contributed by atoms with Gasteiger partial charge in [-0.2, -0.15) is 0 Å². The molecule has 2 aromatic rings. The summed E-state index contributed by atoms with van der Waals surface area (Å²) < 4.78 is 0. The number of carboxylic acids is 1. The van der Waals surface area contributed by atoms with E-state index in [2.05, 4.69) is 36.9 Å². The molecule has 2 heterocycles. The first-order chi connectivity index (χ1) is 26.4. The van der Waals surface area contributed by atoms with Crippen molar-refractivity contribution >= 4 is 79.8 Å². The number of rotatable bonds is 9. The highest BCUT2D eigenvalue weighted by atomic mass is 33.1. The highest BCUT2D eigenvalue weighted by Gasteiger charge is 2.36. The predicted octanol–water partition coefficient (Wildman–Crippen LogP) is -3.28. The molecule has 0 bridgehead atoms. The second-order valence-electron chi connectivity index (χ2n) is 13.6. The third kappa shape index (κ3) is 13.4. The number of nitrogens with two attached hydrogens (primary N) is 2. The summed E-state index contributed by atoms with van der Waals surface area (Å²) in [5.41, 5.74) is 13.1. The molecule has 8 atom stereocenters. The molecule has 7 amide bonds. The molecule has 308 valence electrons. The van der Waals surface area contributed by atoms with E-state index in [1.165, 1.54) is 0 Å². The number of aliphatic hydroxyl groups is 2. The fourth-order valence-electron chi connectivity index (χ4n) is 5.54. The Morgan fingerprint density at radius 3 is 1.98 bits per heavy atom. The van der Waals surface area contributed by atoms with Gasteiger partial charge in [-0.05, 0) is 30.9 Å². The number of aliphatic carboxylic acids is 1. The van der Waals surface area contributed by atoms with Gasteiger partial charge < -0.3 is 63.7 Å². The van der Waals surface area contributed by atoms with Gasteiger partial charge in [0.05, 0.1) is 25.2 Å². The summed E-state index contributed by atoms with van der Waals surface area (Å²) in [5, 5.41) is 45.1. The molecular weight excluding hydrogens is 775 g/mol. The minimum Gasteiger partial charge on any atom is -0.481 e. The molecule has 1 aliphatic rings. The normalized spacial score (nSPS) is 26.2. The van der Waals surface area contributed by atoms with Crippen molar-refractivity contribution in [3.8, 4) is 0 Å². The fraction of sp³-hybridized carbons (Fsp3) is 0.529. The van der Waals surface area contributed by atoms with E-state index in [1.807, 2.05) is 0 Å². The van der Waals surface area contributed by atoms with Gasteiger partial charge >= 0.3 is 5.97 Å². The molecule has 1 aromatic heterocycles. The maximum absolute atomic E-state index is 13.7. The summed E-state index contributed by atoms with van der Waals surface area (Å²) in [5.74, 6) is -8.75. The summed E-state index contributed by atoms with van der Waals surface area (Å²) in [6, 6.07) is -3.39.